The second-order valence-electron chi connectivity index (χ2n) is 6.28. The van der Waals surface area contributed by atoms with Gasteiger partial charge >= 0.3 is 0 Å². The van der Waals surface area contributed by atoms with Crippen LogP contribution in [0.2, 0.25) is 0 Å². The lowest BCUT2D eigenvalue weighted by atomic mass is 10.2. The number of aryl methyl sites for hydroxylation is 1. The van der Waals surface area contributed by atoms with E-state index >= 15 is 0 Å². The molecule has 0 aliphatic carbocycles. The van der Waals surface area contributed by atoms with Gasteiger partial charge in [-0.1, -0.05) is 12.1 Å². The number of hydrogen-bond donors (Lipinski definition) is 0. The molecule has 0 radical (unpaired) electrons. The average Bonchev–Trinajstić information content (AvgIpc) is 3.21. The summed E-state index contributed by atoms with van der Waals surface area (Å²) in [6.07, 6.45) is 3.65. The highest BCUT2D eigenvalue weighted by Crippen LogP contribution is 2.23. The van der Waals surface area contributed by atoms with Gasteiger partial charge in [-0.15, -0.1) is 0 Å². The molecule has 0 bridgehead atoms. The third kappa shape index (κ3) is 4.35. The van der Waals surface area contributed by atoms with Crippen molar-refractivity contribution < 1.29 is 9.53 Å². The Morgan fingerprint density at radius 3 is 2.86 bits per heavy atom. The zero-order valence-corrected chi connectivity index (χ0v) is 15.9. The predicted molar refractivity (Wildman–Crippen MR) is 104 cm³/mol. The van der Waals surface area contributed by atoms with E-state index in [1.807, 2.05) is 43.3 Å². The molecule has 2 heterocycles. The lowest BCUT2D eigenvalue weighted by Crippen LogP contribution is -2.32. The number of aromatic nitrogens is 3. The van der Waals surface area contributed by atoms with E-state index in [2.05, 4.69) is 16.2 Å². The van der Waals surface area contributed by atoms with E-state index in [0.717, 1.165) is 16.9 Å². The Labute approximate surface area is 163 Å². The maximum Gasteiger partial charge on any atom is 0.274 e. The topological polar surface area (TPSA) is 84.0 Å². The van der Waals surface area contributed by atoms with Crippen LogP contribution in [0.5, 0.6) is 5.75 Å². The molecule has 0 fully saturated rings. The molecule has 1 aromatic carbocycles. The fourth-order valence-electron chi connectivity index (χ4n) is 2.84. The van der Waals surface area contributed by atoms with Crippen LogP contribution in [0.15, 0.2) is 54.9 Å². The summed E-state index contributed by atoms with van der Waals surface area (Å²) in [5.74, 6) is 0.425. The van der Waals surface area contributed by atoms with E-state index in [4.69, 9.17) is 10.00 Å². The van der Waals surface area contributed by atoms with E-state index in [9.17, 15) is 4.79 Å². The van der Waals surface area contributed by atoms with Gasteiger partial charge < -0.3 is 9.64 Å². The molecule has 7 nitrogen and oxygen atoms in total. The molecule has 0 atom stereocenters. The van der Waals surface area contributed by atoms with Crippen LogP contribution >= 0.6 is 0 Å². The highest BCUT2D eigenvalue weighted by atomic mass is 16.5. The number of carbonyl (C=O) groups excluding carboxylic acids is 1. The molecule has 0 saturated carbocycles. The van der Waals surface area contributed by atoms with E-state index < -0.39 is 0 Å². The summed E-state index contributed by atoms with van der Waals surface area (Å²) in [4.78, 5) is 18.9. The van der Waals surface area contributed by atoms with Crippen LogP contribution in [0, 0.1) is 18.3 Å². The minimum absolute atomic E-state index is 0.241. The monoisotopic (exact) mass is 375 g/mol. The van der Waals surface area contributed by atoms with Crippen LogP contribution in [-0.4, -0.2) is 39.2 Å². The Balaban J connectivity index is 1.86. The fourth-order valence-corrected chi connectivity index (χ4v) is 2.84. The Morgan fingerprint density at radius 2 is 2.14 bits per heavy atom. The molecule has 0 aliphatic heterocycles. The Morgan fingerprint density at radius 1 is 1.29 bits per heavy atom. The number of carbonyl (C=O) groups is 1. The van der Waals surface area contributed by atoms with Gasteiger partial charge in [0.1, 0.15) is 11.4 Å². The van der Waals surface area contributed by atoms with Crippen molar-refractivity contribution >= 4 is 5.91 Å². The molecule has 1 amide bonds. The third-order valence-corrected chi connectivity index (χ3v) is 4.25. The number of benzene rings is 1. The lowest BCUT2D eigenvalue weighted by molar-refractivity contribution is 0.0738. The van der Waals surface area contributed by atoms with Crippen molar-refractivity contribution in [2.24, 2.45) is 0 Å². The number of hydrogen-bond acceptors (Lipinski definition) is 5. The quantitative estimate of drug-likeness (QED) is 0.633. The Hall–Kier alpha value is -3.66. The Kier molecular flexibility index (Phi) is 6.02. The molecular formula is C21H21N5O2. The van der Waals surface area contributed by atoms with Crippen LogP contribution in [0.1, 0.15) is 28.2 Å². The van der Waals surface area contributed by atoms with Gasteiger partial charge in [0.25, 0.3) is 5.91 Å². The highest BCUT2D eigenvalue weighted by molar-refractivity contribution is 5.92. The molecule has 2 aromatic heterocycles. The maximum atomic E-state index is 13.0. The number of methoxy groups -OCH3 is 1. The van der Waals surface area contributed by atoms with Crippen LogP contribution in [0.4, 0.5) is 0 Å². The zero-order chi connectivity index (χ0) is 19.9. The minimum Gasteiger partial charge on any atom is -0.494 e. The summed E-state index contributed by atoms with van der Waals surface area (Å²) in [7, 11) is 1.60. The number of rotatable bonds is 7. The molecule has 0 aliphatic rings. The molecule has 0 spiro atoms. The van der Waals surface area contributed by atoms with E-state index in [1.165, 1.54) is 0 Å². The lowest BCUT2D eigenvalue weighted by Gasteiger charge is -2.20. The first-order chi connectivity index (χ1) is 13.6. The average molecular weight is 375 g/mol. The number of pyridine rings is 1. The van der Waals surface area contributed by atoms with Crippen molar-refractivity contribution in [3.8, 4) is 17.5 Å². The molecule has 0 saturated heterocycles. The van der Waals surface area contributed by atoms with Crippen LogP contribution in [-0.2, 0) is 6.54 Å². The molecule has 3 rings (SSSR count). The maximum absolute atomic E-state index is 13.0. The van der Waals surface area contributed by atoms with Gasteiger partial charge in [0.05, 0.1) is 31.8 Å². The van der Waals surface area contributed by atoms with Gasteiger partial charge in [0, 0.05) is 18.9 Å². The normalized spacial score (nSPS) is 10.3. The Bertz CT molecular complexity index is 992. The number of nitrogens with zero attached hydrogens (tertiary/aromatic N) is 5. The summed E-state index contributed by atoms with van der Waals surface area (Å²) in [6.45, 7) is 2.61. The second kappa shape index (κ2) is 8.82. The fraction of sp³-hybridized carbons (Fsp3) is 0.238. The van der Waals surface area contributed by atoms with Crippen molar-refractivity contribution in [1.82, 2.24) is 19.7 Å². The van der Waals surface area contributed by atoms with E-state index in [-0.39, 0.29) is 12.3 Å². The van der Waals surface area contributed by atoms with Gasteiger partial charge in [-0.25, -0.2) is 4.68 Å². The first-order valence-electron chi connectivity index (χ1n) is 8.89. The standard InChI is InChI=1S/C21H21N5O2/c1-16-7-8-20(28-2)19(14-16)26-13-9-18(24-26)21(27)25(12-5-10-22)15-17-6-3-4-11-23-17/h3-4,6-9,11,13-14H,5,12,15H2,1-2H3. The van der Waals surface area contributed by atoms with Crippen molar-refractivity contribution in [2.75, 3.05) is 13.7 Å². The smallest absolute Gasteiger partial charge is 0.274 e. The number of amides is 1. The molecule has 28 heavy (non-hydrogen) atoms. The molecular weight excluding hydrogens is 354 g/mol. The molecule has 7 heteroatoms. The molecule has 142 valence electrons. The molecule has 0 N–H and O–H groups in total. The third-order valence-electron chi connectivity index (χ3n) is 4.25. The minimum atomic E-state index is -0.244. The van der Waals surface area contributed by atoms with Crippen LogP contribution in [0.3, 0.4) is 0 Å². The number of ether oxygens (including phenoxy) is 1. The second-order valence-corrected chi connectivity index (χ2v) is 6.28. The number of nitriles is 1. The summed E-state index contributed by atoms with van der Waals surface area (Å²) < 4.78 is 7.03. The largest absolute Gasteiger partial charge is 0.494 e. The summed E-state index contributed by atoms with van der Waals surface area (Å²) in [5.41, 5.74) is 2.88. The van der Waals surface area contributed by atoms with Gasteiger partial charge in [0.2, 0.25) is 0 Å². The molecule has 3 aromatic rings. The van der Waals surface area contributed by atoms with E-state index in [1.54, 1.807) is 35.2 Å². The van der Waals surface area contributed by atoms with Crippen molar-refractivity contribution in [1.29, 1.82) is 5.26 Å². The molecule has 0 unspecified atom stereocenters. The predicted octanol–water partition coefficient (Wildman–Crippen LogP) is 3.14. The first kappa shape index (κ1) is 19.1. The van der Waals surface area contributed by atoms with Crippen molar-refractivity contribution in [2.45, 2.75) is 19.9 Å². The summed E-state index contributed by atoms with van der Waals surface area (Å²) in [6, 6.07) is 15.1. The van der Waals surface area contributed by atoms with Crippen LogP contribution in [0.25, 0.3) is 5.69 Å². The zero-order valence-electron chi connectivity index (χ0n) is 15.9. The van der Waals surface area contributed by atoms with Gasteiger partial charge in [-0.2, -0.15) is 10.4 Å². The van der Waals surface area contributed by atoms with Gasteiger partial charge in [0.15, 0.2) is 5.69 Å². The first-order valence-corrected chi connectivity index (χ1v) is 8.89. The van der Waals surface area contributed by atoms with Crippen LogP contribution < -0.4 is 4.74 Å². The van der Waals surface area contributed by atoms with E-state index in [0.29, 0.717) is 24.5 Å². The summed E-state index contributed by atoms with van der Waals surface area (Å²) >= 11 is 0. The van der Waals surface area contributed by atoms with Crippen molar-refractivity contribution in [3.05, 3.63) is 71.8 Å². The highest BCUT2D eigenvalue weighted by Gasteiger charge is 2.20. The van der Waals surface area contributed by atoms with Crippen molar-refractivity contribution in [3.63, 3.8) is 0 Å². The SMILES string of the molecule is COc1ccc(C)cc1-n1ccc(C(=O)N(CCC#N)Cc2ccccn2)n1. The summed E-state index contributed by atoms with van der Waals surface area (Å²) in [5, 5.41) is 13.4. The van der Waals surface area contributed by atoms with Gasteiger partial charge in [-0.05, 0) is 42.8 Å². The van der Waals surface area contributed by atoms with Gasteiger partial charge in [-0.3, -0.25) is 9.78 Å².